The SMILES string of the molecule is Cc1ccc(C(=O)c2ccccc2C(=O)OCC(=O)N2CCCC[C@@H]2C)cc1. The predicted molar refractivity (Wildman–Crippen MR) is 106 cm³/mol. The first-order chi connectivity index (χ1) is 13.5. The van der Waals surface area contributed by atoms with Gasteiger partial charge in [-0.1, -0.05) is 48.0 Å². The molecular formula is C23H25NO4. The first-order valence-corrected chi connectivity index (χ1v) is 9.64. The molecule has 1 amide bonds. The van der Waals surface area contributed by atoms with E-state index in [0.29, 0.717) is 12.1 Å². The molecule has 0 unspecified atom stereocenters. The lowest BCUT2D eigenvalue weighted by Crippen LogP contribution is -2.44. The van der Waals surface area contributed by atoms with Crippen LogP contribution in [0.3, 0.4) is 0 Å². The number of carbonyl (C=O) groups is 3. The number of likely N-dealkylation sites (tertiary alicyclic amines) is 1. The number of hydrogen-bond acceptors (Lipinski definition) is 4. The highest BCUT2D eigenvalue weighted by Crippen LogP contribution is 2.18. The van der Waals surface area contributed by atoms with Gasteiger partial charge in [-0.15, -0.1) is 0 Å². The van der Waals surface area contributed by atoms with Crippen LogP contribution >= 0.6 is 0 Å². The lowest BCUT2D eigenvalue weighted by Gasteiger charge is -2.33. The minimum Gasteiger partial charge on any atom is -0.452 e. The number of nitrogens with zero attached hydrogens (tertiary/aromatic N) is 1. The number of piperidine rings is 1. The van der Waals surface area contributed by atoms with Gasteiger partial charge in [-0.3, -0.25) is 9.59 Å². The molecule has 2 aromatic carbocycles. The zero-order valence-corrected chi connectivity index (χ0v) is 16.3. The maximum absolute atomic E-state index is 12.8. The molecule has 1 fully saturated rings. The largest absolute Gasteiger partial charge is 0.452 e. The fourth-order valence-electron chi connectivity index (χ4n) is 3.48. The number of benzene rings is 2. The third-order valence-corrected chi connectivity index (χ3v) is 5.16. The van der Waals surface area contributed by atoms with Crippen molar-refractivity contribution in [2.45, 2.75) is 39.2 Å². The monoisotopic (exact) mass is 379 g/mol. The molecule has 146 valence electrons. The minimum atomic E-state index is -0.658. The van der Waals surface area contributed by atoms with Crippen LogP contribution in [-0.2, 0) is 9.53 Å². The van der Waals surface area contributed by atoms with Crippen molar-refractivity contribution in [3.05, 3.63) is 70.8 Å². The number of aryl methyl sites for hydroxylation is 1. The van der Waals surface area contributed by atoms with Gasteiger partial charge in [-0.05, 0) is 39.2 Å². The fraction of sp³-hybridized carbons (Fsp3) is 0.348. The molecule has 1 heterocycles. The van der Waals surface area contributed by atoms with Crippen molar-refractivity contribution in [1.29, 1.82) is 0 Å². The molecular weight excluding hydrogens is 354 g/mol. The molecule has 2 aromatic rings. The first-order valence-electron chi connectivity index (χ1n) is 9.64. The van der Waals surface area contributed by atoms with Crippen molar-refractivity contribution in [1.82, 2.24) is 4.90 Å². The second-order valence-electron chi connectivity index (χ2n) is 7.25. The second-order valence-corrected chi connectivity index (χ2v) is 7.25. The van der Waals surface area contributed by atoms with Gasteiger partial charge in [-0.25, -0.2) is 4.79 Å². The number of hydrogen-bond donors (Lipinski definition) is 0. The highest BCUT2D eigenvalue weighted by Gasteiger charge is 2.25. The zero-order chi connectivity index (χ0) is 20.1. The Labute approximate surface area is 165 Å². The van der Waals surface area contributed by atoms with Crippen molar-refractivity contribution < 1.29 is 19.1 Å². The molecule has 5 nitrogen and oxygen atoms in total. The first kappa shape index (κ1) is 19.8. The van der Waals surface area contributed by atoms with Crippen molar-refractivity contribution in [2.75, 3.05) is 13.2 Å². The van der Waals surface area contributed by atoms with E-state index in [1.54, 1.807) is 41.3 Å². The Hall–Kier alpha value is -2.95. The molecule has 0 N–H and O–H groups in total. The second kappa shape index (κ2) is 8.83. The number of amides is 1. The van der Waals surface area contributed by atoms with Crippen molar-refractivity contribution >= 4 is 17.7 Å². The van der Waals surface area contributed by atoms with Gasteiger partial charge in [0.05, 0.1) is 5.56 Å². The zero-order valence-electron chi connectivity index (χ0n) is 16.3. The number of ether oxygens (including phenoxy) is 1. The Kier molecular flexibility index (Phi) is 6.24. The topological polar surface area (TPSA) is 63.7 Å². The summed E-state index contributed by atoms with van der Waals surface area (Å²) in [6, 6.07) is 13.9. The summed E-state index contributed by atoms with van der Waals surface area (Å²) in [7, 11) is 0. The van der Waals surface area contributed by atoms with Crippen LogP contribution in [0.25, 0.3) is 0 Å². The summed E-state index contributed by atoms with van der Waals surface area (Å²) >= 11 is 0. The lowest BCUT2D eigenvalue weighted by atomic mass is 9.98. The van der Waals surface area contributed by atoms with Crippen LogP contribution in [-0.4, -0.2) is 41.8 Å². The molecule has 0 radical (unpaired) electrons. The molecule has 5 heteroatoms. The van der Waals surface area contributed by atoms with Gasteiger partial charge in [0.25, 0.3) is 5.91 Å². The van der Waals surface area contributed by atoms with Crippen molar-refractivity contribution in [2.24, 2.45) is 0 Å². The number of carbonyl (C=O) groups excluding carboxylic acids is 3. The standard InChI is InChI=1S/C23H25NO4/c1-16-10-12-18(13-11-16)22(26)19-8-3-4-9-20(19)23(27)28-15-21(25)24-14-6-5-7-17(24)2/h3-4,8-13,17H,5-7,14-15H2,1-2H3/t17-/m0/s1. The predicted octanol–water partition coefficient (Wildman–Crippen LogP) is 3.78. The highest BCUT2D eigenvalue weighted by molar-refractivity contribution is 6.14. The fourth-order valence-corrected chi connectivity index (χ4v) is 3.48. The maximum atomic E-state index is 12.8. The Morgan fingerprint density at radius 2 is 1.68 bits per heavy atom. The summed E-state index contributed by atoms with van der Waals surface area (Å²) in [6.07, 6.45) is 3.05. The van der Waals surface area contributed by atoms with Crippen LogP contribution in [0.4, 0.5) is 0 Å². The average molecular weight is 379 g/mol. The summed E-state index contributed by atoms with van der Waals surface area (Å²) in [6.45, 7) is 4.34. The minimum absolute atomic E-state index is 0.162. The Balaban J connectivity index is 1.71. The van der Waals surface area contributed by atoms with E-state index in [9.17, 15) is 14.4 Å². The van der Waals surface area contributed by atoms with Crippen LogP contribution < -0.4 is 0 Å². The average Bonchev–Trinajstić information content (AvgIpc) is 2.72. The number of ketones is 1. The van der Waals surface area contributed by atoms with E-state index in [2.05, 4.69) is 0 Å². The van der Waals surface area contributed by atoms with E-state index in [0.717, 1.165) is 24.8 Å². The van der Waals surface area contributed by atoms with Gasteiger partial charge in [-0.2, -0.15) is 0 Å². The third kappa shape index (κ3) is 4.47. The van der Waals surface area contributed by atoms with Crippen molar-refractivity contribution in [3.63, 3.8) is 0 Å². The Bertz CT molecular complexity index is 872. The van der Waals surface area contributed by atoms with Gasteiger partial charge in [0.1, 0.15) is 0 Å². The van der Waals surface area contributed by atoms with Crippen LogP contribution in [0.5, 0.6) is 0 Å². The van der Waals surface area contributed by atoms with Gasteiger partial charge < -0.3 is 9.64 Å². The molecule has 28 heavy (non-hydrogen) atoms. The normalized spacial score (nSPS) is 16.5. The molecule has 1 saturated heterocycles. The third-order valence-electron chi connectivity index (χ3n) is 5.16. The smallest absolute Gasteiger partial charge is 0.339 e. The van der Waals surface area contributed by atoms with Gasteiger partial charge in [0.15, 0.2) is 12.4 Å². The van der Waals surface area contributed by atoms with Gasteiger partial charge in [0, 0.05) is 23.7 Å². The van der Waals surface area contributed by atoms with Gasteiger partial charge in [0.2, 0.25) is 0 Å². The molecule has 0 spiro atoms. The molecule has 1 aliphatic rings. The van der Waals surface area contributed by atoms with E-state index >= 15 is 0 Å². The van der Waals surface area contributed by atoms with E-state index in [1.807, 2.05) is 26.0 Å². The molecule has 1 atom stereocenters. The number of rotatable bonds is 5. The van der Waals surface area contributed by atoms with Gasteiger partial charge >= 0.3 is 5.97 Å². The summed E-state index contributed by atoms with van der Waals surface area (Å²) in [5.41, 5.74) is 2.00. The molecule has 1 aliphatic heterocycles. The molecule has 0 bridgehead atoms. The van der Waals surface area contributed by atoms with Crippen LogP contribution in [0, 0.1) is 6.92 Å². The summed E-state index contributed by atoms with van der Waals surface area (Å²) < 4.78 is 5.25. The van der Waals surface area contributed by atoms with Crippen molar-refractivity contribution in [3.8, 4) is 0 Å². The maximum Gasteiger partial charge on any atom is 0.339 e. The Morgan fingerprint density at radius 3 is 2.36 bits per heavy atom. The lowest BCUT2D eigenvalue weighted by molar-refractivity contribution is -0.137. The van der Waals surface area contributed by atoms with Crippen LogP contribution in [0.15, 0.2) is 48.5 Å². The molecule has 0 aliphatic carbocycles. The van der Waals surface area contributed by atoms with E-state index in [1.165, 1.54) is 0 Å². The summed E-state index contributed by atoms with van der Waals surface area (Å²) in [4.78, 5) is 39.6. The molecule has 0 saturated carbocycles. The number of esters is 1. The Morgan fingerprint density at radius 1 is 1.00 bits per heavy atom. The molecule has 0 aromatic heterocycles. The van der Waals surface area contributed by atoms with Crippen LogP contribution in [0.2, 0.25) is 0 Å². The highest BCUT2D eigenvalue weighted by atomic mass is 16.5. The summed E-state index contributed by atoms with van der Waals surface area (Å²) in [5.74, 6) is -1.10. The van der Waals surface area contributed by atoms with E-state index in [4.69, 9.17) is 4.74 Å². The summed E-state index contributed by atoms with van der Waals surface area (Å²) in [5, 5.41) is 0. The van der Waals surface area contributed by atoms with E-state index < -0.39 is 5.97 Å². The molecule has 3 rings (SSSR count). The quantitative estimate of drug-likeness (QED) is 0.586. The van der Waals surface area contributed by atoms with Crippen LogP contribution in [0.1, 0.15) is 58.0 Å². The van der Waals surface area contributed by atoms with E-state index in [-0.39, 0.29) is 35.5 Å².